The molecule has 19 heavy (non-hydrogen) atoms. The van der Waals surface area contributed by atoms with E-state index >= 15 is 0 Å². The van der Waals surface area contributed by atoms with Gasteiger partial charge in [0.15, 0.2) is 0 Å². The molecular formula is C14H23N3O2. The van der Waals surface area contributed by atoms with Gasteiger partial charge in [-0.05, 0) is 24.8 Å². The second-order valence-corrected chi connectivity index (χ2v) is 5.40. The maximum atomic E-state index is 10.6. The summed E-state index contributed by atoms with van der Waals surface area (Å²) in [5.74, 6) is 1.08. The number of methoxy groups -OCH3 is 1. The van der Waals surface area contributed by atoms with Crippen molar-refractivity contribution in [3.05, 3.63) is 24.3 Å². The van der Waals surface area contributed by atoms with Gasteiger partial charge in [-0.1, -0.05) is 6.92 Å². The minimum Gasteiger partial charge on any atom is -0.389 e. The molecule has 1 saturated heterocycles. The Hall–Kier alpha value is -1.04. The minimum absolute atomic E-state index is 0.236. The van der Waals surface area contributed by atoms with Crippen LogP contribution in [0.2, 0.25) is 0 Å². The van der Waals surface area contributed by atoms with Gasteiger partial charge in [0, 0.05) is 39.2 Å². The molecule has 106 valence electrons. The third kappa shape index (κ3) is 3.72. The van der Waals surface area contributed by atoms with Crippen LogP contribution >= 0.6 is 0 Å². The highest BCUT2D eigenvalue weighted by molar-refractivity contribution is 4.94. The Kier molecular flexibility index (Phi) is 4.85. The van der Waals surface area contributed by atoms with E-state index in [0.717, 1.165) is 31.9 Å². The van der Waals surface area contributed by atoms with Crippen LogP contribution in [0.4, 0.5) is 0 Å². The summed E-state index contributed by atoms with van der Waals surface area (Å²) in [5, 5.41) is 10.6. The van der Waals surface area contributed by atoms with Crippen molar-refractivity contribution in [1.82, 2.24) is 14.9 Å². The fourth-order valence-electron chi connectivity index (χ4n) is 2.65. The van der Waals surface area contributed by atoms with E-state index < -0.39 is 5.60 Å². The lowest BCUT2D eigenvalue weighted by Crippen LogP contribution is -2.51. The largest absolute Gasteiger partial charge is 0.389 e. The van der Waals surface area contributed by atoms with E-state index in [9.17, 15) is 5.11 Å². The number of likely N-dealkylation sites (tertiary alicyclic amines) is 1. The van der Waals surface area contributed by atoms with Crippen LogP contribution < -0.4 is 0 Å². The average molecular weight is 265 g/mol. The SMILES string of the molecule is COCC[C@@]1(O)CCN(Cc2ncccn2)C[C@@H]1C. The van der Waals surface area contributed by atoms with Gasteiger partial charge in [-0.2, -0.15) is 0 Å². The van der Waals surface area contributed by atoms with Gasteiger partial charge in [0.1, 0.15) is 5.82 Å². The molecule has 1 aromatic heterocycles. The van der Waals surface area contributed by atoms with Crippen molar-refractivity contribution in [1.29, 1.82) is 0 Å². The number of nitrogens with zero attached hydrogens (tertiary/aromatic N) is 3. The highest BCUT2D eigenvalue weighted by Gasteiger charge is 2.38. The van der Waals surface area contributed by atoms with Gasteiger partial charge in [-0.15, -0.1) is 0 Å². The van der Waals surface area contributed by atoms with Crippen LogP contribution in [0.25, 0.3) is 0 Å². The first-order chi connectivity index (χ1) is 9.14. The monoisotopic (exact) mass is 265 g/mol. The number of rotatable bonds is 5. The fourth-order valence-corrected chi connectivity index (χ4v) is 2.65. The molecule has 2 rings (SSSR count). The molecule has 0 saturated carbocycles. The smallest absolute Gasteiger partial charge is 0.142 e. The lowest BCUT2D eigenvalue weighted by molar-refractivity contribution is -0.0830. The third-order valence-corrected chi connectivity index (χ3v) is 4.03. The number of hydrogen-bond donors (Lipinski definition) is 1. The summed E-state index contributed by atoms with van der Waals surface area (Å²) in [6.45, 7) is 5.23. The van der Waals surface area contributed by atoms with Crippen LogP contribution in [0, 0.1) is 5.92 Å². The molecule has 1 aromatic rings. The number of piperidine rings is 1. The Morgan fingerprint density at radius 2 is 2.21 bits per heavy atom. The van der Waals surface area contributed by atoms with Crippen molar-refractivity contribution in [3.63, 3.8) is 0 Å². The maximum absolute atomic E-state index is 10.6. The molecule has 1 aliphatic heterocycles. The highest BCUT2D eigenvalue weighted by Crippen LogP contribution is 2.31. The van der Waals surface area contributed by atoms with Crippen LogP contribution in [0.15, 0.2) is 18.5 Å². The molecule has 5 nitrogen and oxygen atoms in total. The third-order valence-electron chi connectivity index (χ3n) is 4.03. The molecule has 0 unspecified atom stereocenters. The van der Waals surface area contributed by atoms with Gasteiger partial charge < -0.3 is 9.84 Å². The molecule has 0 amide bonds. The molecule has 2 heterocycles. The van der Waals surface area contributed by atoms with Crippen LogP contribution in [0.5, 0.6) is 0 Å². The summed E-state index contributed by atoms with van der Waals surface area (Å²) >= 11 is 0. The van der Waals surface area contributed by atoms with E-state index in [1.165, 1.54) is 0 Å². The van der Waals surface area contributed by atoms with Gasteiger partial charge in [0.25, 0.3) is 0 Å². The van der Waals surface area contributed by atoms with Crippen molar-refractivity contribution in [2.24, 2.45) is 5.92 Å². The summed E-state index contributed by atoms with van der Waals surface area (Å²) in [6, 6.07) is 1.83. The van der Waals surface area contributed by atoms with E-state index in [4.69, 9.17) is 4.74 Å². The average Bonchev–Trinajstić information content (AvgIpc) is 2.42. The standard InChI is InChI=1S/C14H23N3O2/c1-12-10-17(11-13-15-6-3-7-16-13)8-4-14(12,18)5-9-19-2/h3,6-7,12,18H,4-5,8-11H2,1-2H3/t12-,14-/m0/s1. The van der Waals surface area contributed by atoms with Crippen molar-refractivity contribution < 1.29 is 9.84 Å². The molecule has 0 aromatic carbocycles. The van der Waals surface area contributed by atoms with E-state index in [0.29, 0.717) is 13.0 Å². The molecule has 2 atom stereocenters. The lowest BCUT2D eigenvalue weighted by atomic mass is 9.80. The molecule has 0 spiro atoms. The van der Waals surface area contributed by atoms with Gasteiger partial charge in [-0.3, -0.25) is 4.90 Å². The predicted molar refractivity (Wildman–Crippen MR) is 72.5 cm³/mol. The summed E-state index contributed by atoms with van der Waals surface area (Å²) in [5.41, 5.74) is -0.593. The zero-order chi connectivity index (χ0) is 13.7. The zero-order valence-electron chi connectivity index (χ0n) is 11.7. The Balaban J connectivity index is 1.89. The molecule has 0 aliphatic carbocycles. The normalized spacial score (nSPS) is 28.5. The van der Waals surface area contributed by atoms with E-state index in [1.807, 2.05) is 6.07 Å². The number of aliphatic hydroxyl groups is 1. The first kappa shape index (κ1) is 14.4. The summed E-state index contributed by atoms with van der Waals surface area (Å²) in [7, 11) is 1.68. The van der Waals surface area contributed by atoms with Crippen LogP contribution in [0.1, 0.15) is 25.6 Å². The second-order valence-electron chi connectivity index (χ2n) is 5.40. The minimum atomic E-state index is -0.593. The Labute approximate surface area is 114 Å². The van der Waals surface area contributed by atoms with Crippen molar-refractivity contribution in [2.45, 2.75) is 31.9 Å². The second kappa shape index (κ2) is 6.41. The number of hydrogen-bond acceptors (Lipinski definition) is 5. The molecule has 1 aliphatic rings. The van der Waals surface area contributed by atoms with Gasteiger partial charge in [0.2, 0.25) is 0 Å². The first-order valence-electron chi connectivity index (χ1n) is 6.83. The zero-order valence-corrected chi connectivity index (χ0v) is 11.7. The molecule has 0 radical (unpaired) electrons. The summed E-state index contributed by atoms with van der Waals surface area (Å²) in [4.78, 5) is 10.8. The Morgan fingerprint density at radius 1 is 1.47 bits per heavy atom. The fraction of sp³-hybridized carbons (Fsp3) is 0.714. The predicted octanol–water partition coefficient (Wildman–Crippen LogP) is 1.09. The quantitative estimate of drug-likeness (QED) is 0.863. The lowest BCUT2D eigenvalue weighted by Gasteiger charge is -2.43. The van der Waals surface area contributed by atoms with Gasteiger partial charge in [0.05, 0.1) is 12.1 Å². The van der Waals surface area contributed by atoms with E-state index in [2.05, 4.69) is 21.8 Å². The maximum Gasteiger partial charge on any atom is 0.142 e. The van der Waals surface area contributed by atoms with Gasteiger partial charge in [-0.25, -0.2) is 9.97 Å². The topological polar surface area (TPSA) is 58.5 Å². The van der Waals surface area contributed by atoms with E-state index in [1.54, 1.807) is 19.5 Å². The Morgan fingerprint density at radius 3 is 2.84 bits per heavy atom. The highest BCUT2D eigenvalue weighted by atomic mass is 16.5. The Bertz CT molecular complexity index is 388. The molecule has 0 bridgehead atoms. The first-order valence-corrected chi connectivity index (χ1v) is 6.83. The van der Waals surface area contributed by atoms with Crippen molar-refractivity contribution in [2.75, 3.05) is 26.8 Å². The van der Waals surface area contributed by atoms with Crippen LogP contribution in [-0.4, -0.2) is 52.4 Å². The molecular weight excluding hydrogens is 242 g/mol. The number of aromatic nitrogens is 2. The molecule has 1 N–H and O–H groups in total. The molecule has 1 fully saturated rings. The van der Waals surface area contributed by atoms with Crippen molar-refractivity contribution in [3.8, 4) is 0 Å². The van der Waals surface area contributed by atoms with Crippen molar-refractivity contribution >= 4 is 0 Å². The summed E-state index contributed by atoms with van der Waals surface area (Å²) < 4.78 is 5.09. The summed E-state index contributed by atoms with van der Waals surface area (Å²) in [6.07, 6.45) is 5.03. The van der Waals surface area contributed by atoms with Crippen LogP contribution in [0.3, 0.4) is 0 Å². The van der Waals surface area contributed by atoms with Gasteiger partial charge >= 0.3 is 0 Å². The van der Waals surface area contributed by atoms with E-state index in [-0.39, 0.29) is 5.92 Å². The van der Waals surface area contributed by atoms with Crippen LogP contribution in [-0.2, 0) is 11.3 Å². The molecule has 5 heteroatoms. The number of ether oxygens (including phenoxy) is 1.